The number of carboxylic acids is 1. The molecule has 0 saturated heterocycles. The predicted molar refractivity (Wildman–Crippen MR) is 111 cm³/mol. The minimum absolute atomic E-state index is 0.0809. The van der Waals surface area contributed by atoms with Crippen molar-refractivity contribution < 1.29 is 24.5 Å². The molecular formula is C22H16N4O5. The van der Waals surface area contributed by atoms with Gasteiger partial charge in [-0.2, -0.15) is 5.26 Å². The Morgan fingerprint density at radius 1 is 1.19 bits per heavy atom. The topological polar surface area (TPSA) is 156 Å². The molecule has 9 nitrogen and oxygen atoms in total. The lowest BCUT2D eigenvalue weighted by molar-refractivity contribution is -0.110. The smallest absolute Gasteiger partial charge is 0.337 e. The first kappa shape index (κ1) is 21.0. The van der Waals surface area contributed by atoms with E-state index in [1.807, 2.05) is 6.07 Å². The number of anilines is 1. The lowest BCUT2D eigenvalue weighted by Gasteiger charge is -2.14. The van der Waals surface area contributed by atoms with Crippen molar-refractivity contribution in [3.8, 4) is 28.7 Å². The number of aromatic nitrogens is 1. The number of aromatic carboxylic acids is 1. The lowest BCUT2D eigenvalue weighted by Crippen LogP contribution is -2.24. The maximum Gasteiger partial charge on any atom is 0.337 e. The molecule has 0 aliphatic heterocycles. The number of carbonyl (C=O) groups is 2. The van der Waals surface area contributed by atoms with Gasteiger partial charge in [-0.15, -0.1) is 0 Å². The number of methoxy groups -OCH3 is 1. The summed E-state index contributed by atoms with van der Waals surface area (Å²) in [5.41, 5.74) is 0.213. The summed E-state index contributed by atoms with van der Waals surface area (Å²) in [7, 11) is 1.42. The van der Waals surface area contributed by atoms with E-state index in [-0.39, 0.29) is 28.1 Å². The van der Waals surface area contributed by atoms with E-state index >= 15 is 0 Å². The molecule has 4 N–H and O–H groups in total. The number of benzene rings is 2. The number of hydrogen-bond donors (Lipinski definition) is 4. The van der Waals surface area contributed by atoms with Crippen molar-refractivity contribution in [2.45, 2.75) is 0 Å². The molecule has 0 radical (unpaired) electrons. The average Bonchev–Trinajstić information content (AvgIpc) is 2.78. The van der Waals surface area contributed by atoms with Crippen molar-refractivity contribution in [1.82, 2.24) is 4.98 Å². The number of aromatic hydroxyl groups is 1. The van der Waals surface area contributed by atoms with E-state index in [2.05, 4.69) is 10.3 Å². The Hall–Kier alpha value is -4.71. The van der Waals surface area contributed by atoms with Crippen LogP contribution in [-0.4, -0.2) is 39.9 Å². The number of pyridine rings is 1. The van der Waals surface area contributed by atoms with Gasteiger partial charge in [0.05, 0.1) is 30.0 Å². The molecule has 3 rings (SSSR count). The number of nitrogens with one attached hydrogen (secondary N) is 2. The number of amides is 1. The van der Waals surface area contributed by atoms with E-state index in [9.17, 15) is 19.8 Å². The number of nitrogens with zero attached hydrogens (tertiary/aromatic N) is 2. The number of nitriles is 1. The standard InChI is InChI=1S/C22H16N4O5/c1-31-19-9-18(27)16(8-14(19)13-3-2-6-25-11-13)20(24)21(28)26-17-5-4-12(10-23)7-15(17)22(29)30/h2-9,11,24,27H,1H3,(H,26,28)(H,29,30). The fourth-order valence-corrected chi connectivity index (χ4v) is 2.89. The summed E-state index contributed by atoms with van der Waals surface area (Å²) in [5, 5.41) is 39.2. The maximum atomic E-state index is 12.6. The Morgan fingerprint density at radius 3 is 2.58 bits per heavy atom. The highest BCUT2D eigenvalue weighted by molar-refractivity contribution is 6.48. The summed E-state index contributed by atoms with van der Waals surface area (Å²) in [5.74, 6) is -2.32. The molecule has 0 aliphatic carbocycles. The van der Waals surface area contributed by atoms with Gasteiger partial charge in [0, 0.05) is 35.2 Å². The fraction of sp³-hybridized carbons (Fsp3) is 0.0455. The number of ether oxygens (including phenoxy) is 1. The maximum absolute atomic E-state index is 12.6. The van der Waals surface area contributed by atoms with Gasteiger partial charge in [0.1, 0.15) is 17.2 Å². The van der Waals surface area contributed by atoms with Crippen molar-refractivity contribution in [3.05, 3.63) is 71.5 Å². The van der Waals surface area contributed by atoms with Crippen LogP contribution in [0.5, 0.6) is 11.5 Å². The summed E-state index contributed by atoms with van der Waals surface area (Å²) in [6, 6.07) is 11.7. The van der Waals surface area contributed by atoms with Gasteiger partial charge in [0.2, 0.25) is 0 Å². The van der Waals surface area contributed by atoms with Gasteiger partial charge in [0.25, 0.3) is 5.91 Å². The summed E-state index contributed by atoms with van der Waals surface area (Å²) < 4.78 is 5.28. The number of hydrogen-bond acceptors (Lipinski definition) is 7. The summed E-state index contributed by atoms with van der Waals surface area (Å²) in [4.78, 5) is 28.1. The summed E-state index contributed by atoms with van der Waals surface area (Å²) >= 11 is 0. The van der Waals surface area contributed by atoms with Crippen LogP contribution in [-0.2, 0) is 4.79 Å². The Bertz CT molecular complexity index is 1230. The third-order valence-corrected chi connectivity index (χ3v) is 4.41. The molecule has 2 aromatic carbocycles. The minimum Gasteiger partial charge on any atom is -0.507 e. The SMILES string of the molecule is COc1cc(O)c(C(=N)C(=O)Nc2ccc(C#N)cc2C(=O)O)cc1-c1cccnc1. The quantitative estimate of drug-likeness (QED) is 0.450. The van der Waals surface area contributed by atoms with Crippen LogP contribution in [0.1, 0.15) is 21.5 Å². The van der Waals surface area contributed by atoms with Crippen LogP contribution in [0.25, 0.3) is 11.1 Å². The van der Waals surface area contributed by atoms with Gasteiger partial charge in [-0.25, -0.2) is 4.79 Å². The Morgan fingerprint density at radius 2 is 1.97 bits per heavy atom. The zero-order valence-electron chi connectivity index (χ0n) is 16.2. The van der Waals surface area contributed by atoms with Crippen LogP contribution >= 0.6 is 0 Å². The summed E-state index contributed by atoms with van der Waals surface area (Å²) in [6.07, 6.45) is 3.16. The third-order valence-electron chi connectivity index (χ3n) is 4.41. The molecule has 0 bridgehead atoms. The van der Waals surface area contributed by atoms with Crippen LogP contribution in [0.3, 0.4) is 0 Å². The molecular weight excluding hydrogens is 400 g/mol. The van der Waals surface area contributed by atoms with Gasteiger partial charge in [-0.05, 0) is 30.3 Å². The Kier molecular flexibility index (Phi) is 5.93. The highest BCUT2D eigenvalue weighted by Crippen LogP contribution is 2.35. The van der Waals surface area contributed by atoms with Crippen molar-refractivity contribution in [2.75, 3.05) is 12.4 Å². The minimum atomic E-state index is -1.34. The number of phenolic OH excluding ortho intramolecular Hbond substituents is 1. The van der Waals surface area contributed by atoms with Gasteiger partial charge in [-0.3, -0.25) is 15.2 Å². The zero-order valence-corrected chi connectivity index (χ0v) is 16.2. The normalized spacial score (nSPS) is 10.1. The zero-order chi connectivity index (χ0) is 22.5. The molecule has 0 atom stereocenters. The molecule has 3 aromatic rings. The largest absolute Gasteiger partial charge is 0.507 e. The van der Waals surface area contributed by atoms with E-state index in [0.29, 0.717) is 16.9 Å². The van der Waals surface area contributed by atoms with E-state index in [1.54, 1.807) is 24.5 Å². The Labute approximate surface area is 176 Å². The van der Waals surface area contributed by atoms with Gasteiger partial charge in [-0.1, -0.05) is 6.07 Å². The second-order valence-corrected chi connectivity index (χ2v) is 6.32. The van der Waals surface area contributed by atoms with Gasteiger partial charge >= 0.3 is 5.97 Å². The van der Waals surface area contributed by atoms with Crippen molar-refractivity contribution >= 4 is 23.3 Å². The first-order valence-corrected chi connectivity index (χ1v) is 8.84. The number of rotatable bonds is 6. The Balaban J connectivity index is 1.97. The predicted octanol–water partition coefficient (Wildman–Crippen LogP) is 3.04. The van der Waals surface area contributed by atoms with Crippen molar-refractivity contribution in [3.63, 3.8) is 0 Å². The molecule has 1 aromatic heterocycles. The lowest BCUT2D eigenvalue weighted by atomic mass is 9.99. The monoisotopic (exact) mass is 416 g/mol. The van der Waals surface area contributed by atoms with E-state index in [1.165, 1.54) is 31.4 Å². The molecule has 9 heteroatoms. The van der Waals surface area contributed by atoms with Gasteiger partial charge in [0.15, 0.2) is 0 Å². The van der Waals surface area contributed by atoms with Crippen LogP contribution in [0.2, 0.25) is 0 Å². The molecule has 0 aliphatic rings. The second-order valence-electron chi connectivity index (χ2n) is 6.32. The molecule has 154 valence electrons. The van der Waals surface area contributed by atoms with Crippen molar-refractivity contribution in [2.24, 2.45) is 0 Å². The average molecular weight is 416 g/mol. The van der Waals surface area contributed by atoms with Crippen LogP contribution < -0.4 is 10.1 Å². The van der Waals surface area contributed by atoms with Crippen molar-refractivity contribution in [1.29, 1.82) is 10.7 Å². The molecule has 31 heavy (non-hydrogen) atoms. The highest BCUT2D eigenvalue weighted by atomic mass is 16.5. The van der Waals surface area contributed by atoms with Crippen LogP contribution in [0.4, 0.5) is 5.69 Å². The second kappa shape index (κ2) is 8.75. The number of phenols is 1. The molecule has 1 heterocycles. The first-order valence-electron chi connectivity index (χ1n) is 8.84. The highest BCUT2D eigenvalue weighted by Gasteiger charge is 2.21. The van der Waals surface area contributed by atoms with Crippen LogP contribution in [0, 0.1) is 16.7 Å². The fourth-order valence-electron chi connectivity index (χ4n) is 2.89. The third kappa shape index (κ3) is 4.33. The molecule has 0 saturated carbocycles. The molecule has 1 amide bonds. The molecule has 0 fully saturated rings. The van der Waals surface area contributed by atoms with Gasteiger partial charge < -0.3 is 20.3 Å². The first-order chi connectivity index (χ1) is 14.8. The van der Waals surface area contributed by atoms with Crippen LogP contribution in [0.15, 0.2) is 54.9 Å². The molecule has 0 unspecified atom stereocenters. The number of carboxylic acid groups (broad SMARTS) is 1. The molecule has 0 spiro atoms. The summed E-state index contributed by atoms with van der Waals surface area (Å²) in [6.45, 7) is 0. The number of carbonyl (C=O) groups excluding carboxylic acids is 1. The van der Waals surface area contributed by atoms with E-state index < -0.39 is 17.6 Å². The van der Waals surface area contributed by atoms with E-state index in [0.717, 1.165) is 6.07 Å². The van der Waals surface area contributed by atoms with E-state index in [4.69, 9.17) is 15.4 Å².